The van der Waals surface area contributed by atoms with Gasteiger partial charge in [-0.05, 0) is 37.0 Å². The number of fused-ring (bicyclic) bond motifs is 2. The number of aliphatic hydroxyl groups is 1. The Kier molecular flexibility index (Phi) is 5.44. The van der Waals surface area contributed by atoms with Crippen LogP contribution in [0.15, 0.2) is 48.5 Å². The van der Waals surface area contributed by atoms with Gasteiger partial charge in [0.25, 0.3) is 0 Å². The molecule has 2 atom stereocenters. The van der Waals surface area contributed by atoms with Crippen molar-refractivity contribution in [1.29, 1.82) is 0 Å². The number of hydrogen-bond acceptors (Lipinski definition) is 4. The van der Waals surface area contributed by atoms with Crippen LogP contribution in [0.2, 0.25) is 0 Å². The summed E-state index contributed by atoms with van der Waals surface area (Å²) in [7, 11) is 0. The summed E-state index contributed by atoms with van der Waals surface area (Å²) in [6, 6.07) is 12.3. The molecule has 2 bridgehead atoms. The molecule has 4 rings (SSSR count). The van der Waals surface area contributed by atoms with Gasteiger partial charge in [0.15, 0.2) is 0 Å². The van der Waals surface area contributed by atoms with Crippen LogP contribution >= 0.6 is 0 Å². The largest absolute Gasteiger partial charge is 0.445 e. The number of amides is 1. The van der Waals surface area contributed by atoms with E-state index in [0.29, 0.717) is 12.8 Å². The monoisotopic (exact) mass is 420 g/mol. The van der Waals surface area contributed by atoms with E-state index in [1.54, 1.807) is 4.90 Å². The number of benzene rings is 1. The molecule has 30 heavy (non-hydrogen) atoms. The maximum Gasteiger partial charge on any atom is 0.433 e. The number of carbonyl (C=O) groups is 1. The highest BCUT2D eigenvalue weighted by Gasteiger charge is 2.49. The molecule has 0 radical (unpaired) electrons. The van der Waals surface area contributed by atoms with Crippen LogP contribution in [0.25, 0.3) is 0 Å². The van der Waals surface area contributed by atoms with E-state index in [0.717, 1.165) is 18.1 Å². The summed E-state index contributed by atoms with van der Waals surface area (Å²) in [5.74, 6) is 0. The van der Waals surface area contributed by atoms with Gasteiger partial charge in [-0.25, -0.2) is 9.78 Å². The Morgan fingerprint density at radius 2 is 1.77 bits per heavy atom. The summed E-state index contributed by atoms with van der Waals surface area (Å²) in [5, 5.41) is 11.2. The fourth-order valence-corrected chi connectivity index (χ4v) is 4.58. The summed E-state index contributed by atoms with van der Waals surface area (Å²) in [5.41, 5.74) is -1.65. The summed E-state index contributed by atoms with van der Waals surface area (Å²) < 4.78 is 44.7. The minimum Gasteiger partial charge on any atom is -0.445 e. The van der Waals surface area contributed by atoms with Crippen molar-refractivity contribution < 1.29 is 27.8 Å². The van der Waals surface area contributed by atoms with Gasteiger partial charge in [0.2, 0.25) is 0 Å². The quantitative estimate of drug-likeness (QED) is 0.786. The summed E-state index contributed by atoms with van der Waals surface area (Å²) >= 11 is 0. The Bertz CT molecular complexity index is 890. The third-order valence-corrected chi connectivity index (χ3v) is 5.94. The maximum atomic E-state index is 13.1. The normalized spacial score (nSPS) is 26.3. The number of aromatic nitrogens is 1. The minimum absolute atomic E-state index is 0.00604. The summed E-state index contributed by atoms with van der Waals surface area (Å²) in [6.07, 6.45) is -2.53. The van der Waals surface area contributed by atoms with Crippen molar-refractivity contribution in [1.82, 2.24) is 9.88 Å². The van der Waals surface area contributed by atoms with E-state index < -0.39 is 23.6 Å². The number of halogens is 3. The highest BCUT2D eigenvalue weighted by molar-refractivity contribution is 5.69. The molecule has 1 N–H and O–H groups in total. The van der Waals surface area contributed by atoms with Crippen molar-refractivity contribution in [3.63, 3.8) is 0 Å². The first-order chi connectivity index (χ1) is 14.3. The average Bonchev–Trinajstić information content (AvgIpc) is 2.72. The standard InChI is InChI=1S/C22H23F3N2O3/c23-22(24,25)19-11-5-10-18(26-19)21(29)12-16-8-4-9-17(13-21)27(16)20(28)30-14-15-6-2-1-3-7-15/h1-3,5-7,10-11,16-17,29H,4,8-9,12-14H2. The first kappa shape index (κ1) is 20.7. The molecule has 160 valence electrons. The third kappa shape index (κ3) is 4.14. The summed E-state index contributed by atoms with van der Waals surface area (Å²) in [4.78, 5) is 18.1. The van der Waals surface area contributed by atoms with Gasteiger partial charge in [0, 0.05) is 24.9 Å². The van der Waals surface area contributed by atoms with Gasteiger partial charge in [-0.3, -0.25) is 0 Å². The highest BCUT2D eigenvalue weighted by Crippen LogP contribution is 2.44. The maximum absolute atomic E-state index is 13.1. The molecule has 0 aliphatic carbocycles. The van der Waals surface area contributed by atoms with E-state index in [1.165, 1.54) is 12.1 Å². The van der Waals surface area contributed by atoms with Gasteiger partial charge >= 0.3 is 12.3 Å². The van der Waals surface area contributed by atoms with Crippen molar-refractivity contribution in [3.05, 3.63) is 65.5 Å². The lowest BCUT2D eigenvalue weighted by Gasteiger charge is -2.51. The van der Waals surface area contributed by atoms with Crippen LogP contribution in [0.1, 0.15) is 49.1 Å². The lowest BCUT2D eigenvalue weighted by atomic mass is 9.74. The molecule has 1 aromatic heterocycles. The van der Waals surface area contributed by atoms with Crippen LogP contribution in [-0.4, -0.2) is 33.2 Å². The molecule has 2 saturated heterocycles. The zero-order valence-electron chi connectivity index (χ0n) is 16.3. The Morgan fingerprint density at radius 1 is 1.10 bits per heavy atom. The smallest absolute Gasteiger partial charge is 0.433 e. The van der Waals surface area contributed by atoms with Crippen molar-refractivity contribution >= 4 is 6.09 Å². The van der Waals surface area contributed by atoms with E-state index in [-0.39, 0.29) is 37.2 Å². The van der Waals surface area contributed by atoms with Crippen LogP contribution in [0, 0.1) is 0 Å². The second-order valence-electron chi connectivity index (χ2n) is 8.03. The Hall–Kier alpha value is -2.61. The molecule has 0 saturated carbocycles. The first-order valence-corrected chi connectivity index (χ1v) is 10.0. The topological polar surface area (TPSA) is 62.7 Å². The molecule has 5 nitrogen and oxygen atoms in total. The number of nitrogens with zero attached hydrogens (tertiary/aromatic N) is 2. The molecule has 2 unspecified atom stereocenters. The predicted octanol–water partition coefficient (Wildman–Crippen LogP) is 4.64. The SMILES string of the molecule is O=C(OCc1ccccc1)N1C2CCCC1CC(O)(c1cccc(C(F)(F)F)n1)C2. The van der Waals surface area contributed by atoms with E-state index >= 15 is 0 Å². The molecule has 0 spiro atoms. The highest BCUT2D eigenvalue weighted by atomic mass is 19.4. The van der Waals surface area contributed by atoms with Crippen molar-refractivity contribution in [3.8, 4) is 0 Å². The zero-order valence-corrected chi connectivity index (χ0v) is 16.3. The molecule has 3 heterocycles. The molecule has 1 amide bonds. The molecule has 8 heteroatoms. The molecule has 2 aromatic rings. The molecular formula is C22H23F3N2O3. The van der Waals surface area contributed by atoms with E-state index in [4.69, 9.17) is 4.74 Å². The van der Waals surface area contributed by atoms with Crippen LogP contribution in [0.4, 0.5) is 18.0 Å². The van der Waals surface area contributed by atoms with Crippen LogP contribution in [0.5, 0.6) is 0 Å². The van der Waals surface area contributed by atoms with Gasteiger partial charge in [-0.2, -0.15) is 13.2 Å². The average molecular weight is 420 g/mol. The zero-order chi connectivity index (χ0) is 21.4. The second kappa shape index (κ2) is 7.91. The van der Waals surface area contributed by atoms with Crippen LogP contribution < -0.4 is 0 Å². The Balaban J connectivity index is 1.51. The molecule has 2 aliphatic rings. The Labute approximate surface area is 172 Å². The Morgan fingerprint density at radius 3 is 2.40 bits per heavy atom. The summed E-state index contributed by atoms with van der Waals surface area (Å²) in [6.45, 7) is 0.148. The van der Waals surface area contributed by atoms with Crippen molar-refractivity contribution in [2.45, 2.75) is 62.6 Å². The van der Waals surface area contributed by atoms with E-state index in [2.05, 4.69) is 4.98 Å². The van der Waals surface area contributed by atoms with Gasteiger partial charge < -0.3 is 14.7 Å². The number of pyridine rings is 1. The minimum atomic E-state index is -4.58. The fraction of sp³-hybridized carbons (Fsp3) is 0.455. The number of ether oxygens (including phenoxy) is 1. The van der Waals surface area contributed by atoms with Gasteiger partial charge in [-0.15, -0.1) is 0 Å². The lowest BCUT2D eigenvalue weighted by molar-refractivity contribution is -0.142. The molecule has 1 aromatic carbocycles. The van der Waals surface area contributed by atoms with Crippen molar-refractivity contribution in [2.24, 2.45) is 0 Å². The first-order valence-electron chi connectivity index (χ1n) is 10.0. The van der Waals surface area contributed by atoms with Gasteiger partial charge in [-0.1, -0.05) is 36.4 Å². The lowest BCUT2D eigenvalue weighted by Crippen LogP contribution is -2.59. The number of carbonyl (C=O) groups excluding carboxylic acids is 1. The van der Waals surface area contributed by atoms with E-state index in [9.17, 15) is 23.1 Å². The number of hydrogen-bond donors (Lipinski definition) is 1. The van der Waals surface area contributed by atoms with Gasteiger partial charge in [0.05, 0.1) is 5.69 Å². The number of piperidine rings is 2. The van der Waals surface area contributed by atoms with Crippen molar-refractivity contribution in [2.75, 3.05) is 0 Å². The van der Waals surface area contributed by atoms with Crippen LogP contribution in [0.3, 0.4) is 0 Å². The second-order valence-corrected chi connectivity index (χ2v) is 8.03. The molecule has 2 fully saturated rings. The molecule has 2 aliphatic heterocycles. The van der Waals surface area contributed by atoms with Gasteiger partial charge in [0.1, 0.15) is 17.9 Å². The van der Waals surface area contributed by atoms with E-state index in [1.807, 2.05) is 30.3 Å². The third-order valence-electron chi connectivity index (χ3n) is 5.94. The predicted molar refractivity (Wildman–Crippen MR) is 102 cm³/mol. The molecular weight excluding hydrogens is 397 g/mol. The fourth-order valence-electron chi connectivity index (χ4n) is 4.58. The number of alkyl halides is 3. The van der Waals surface area contributed by atoms with Crippen LogP contribution in [-0.2, 0) is 23.1 Å². The number of rotatable bonds is 3.